The molecule has 0 aliphatic carbocycles. The summed E-state index contributed by atoms with van der Waals surface area (Å²) in [5.41, 5.74) is -0.0485. The molecule has 0 spiro atoms. The van der Waals surface area contributed by atoms with E-state index in [1.165, 1.54) is 34.6 Å². The first-order chi connectivity index (χ1) is 17.3. The molecular formula is C28H37N3O5S. The van der Waals surface area contributed by atoms with Crippen molar-refractivity contribution in [3.05, 3.63) is 72.3 Å². The number of benzene rings is 2. The Morgan fingerprint density at radius 1 is 1.03 bits per heavy atom. The van der Waals surface area contributed by atoms with E-state index in [0.717, 1.165) is 11.3 Å². The maximum atomic E-state index is 13.8. The highest BCUT2D eigenvalue weighted by Crippen LogP contribution is 2.42. The van der Waals surface area contributed by atoms with Crippen LogP contribution < -0.4 is 15.4 Å². The molecule has 8 nitrogen and oxygen atoms in total. The summed E-state index contributed by atoms with van der Waals surface area (Å²) in [6.07, 6.45) is 2.81. The van der Waals surface area contributed by atoms with Crippen molar-refractivity contribution >= 4 is 21.8 Å². The lowest BCUT2D eigenvalue weighted by molar-refractivity contribution is -0.118. The van der Waals surface area contributed by atoms with Crippen molar-refractivity contribution in [3.8, 4) is 5.75 Å². The van der Waals surface area contributed by atoms with Gasteiger partial charge in [-0.05, 0) is 95.0 Å². The van der Waals surface area contributed by atoms with E-state index in [1.807, 2.05) is 52.0 Å². The van der Waals surface area contributed by atoms with Crippen LogP contribution in [0.25, 0.3) is 0 Å². The number of sulfonamides is 1. The number of hydrogen-bond donors (Lipinski definition) is 2. The molecule has 1 saturated heterocycles. The average Bonchev–Trinajstić information content (AvgIpc) is 2.82. The minimum Gasteiger partial charge on any atom is -0.497 e. The number of ether oxygens (including phenoxy) is 1. The van der Waals surface area contributed by atoms with Gasteiger partial charge in [0.25, 0.3) is 5.91 Å². The number of nitrogens with zero attached hydrogens (tertiary/aromatic N) is 1. The molecule has 1 fully saturated rings. The topological polar surface area (TPSA) is 105 Å². The maximum absolute atomic E-state index is 13.8. The minimum absolute atomic E-state index is 0.122. The van der Waals surface area contributed by atoms with Crippen LogP contribution in [0.2, 0.25) is 0 Å². The van der Waals surface area contributed by atoms with Crippen molar-refractivity contribution in [2.24, 2.45) is 0 Å². The summed E-state index contributed by atoms with van der Waals surface area (Å²) in [5.74, 6) is 0.237. The Bertz CT molecular complexity index is 1220. The summed E-state index contributed by atoms with van der Waals surface area (Å²) in [6.45, 7) is 11.4. The lowest BCUT2D eigenvalue weighted by atomic mass is 9.79. The molecule has 0 aromatic heterocycles. The zero-order chi connectivity index (χ0) is 27.4. The Kier molecular flexibility index (Phi) is 8.49. The molecule has 3 rings (SSSR count). The van der Waals surface area contributed by atoms with E-state index in [1.54, 1.807) is 7.11 Å². The molecule has 0 radical (unpaired) electrons. The largest absolute Gasteiger partial charge is 0.497 e. The van der Waals surface area contributed by atoms with Gasteiger partial charge in [-0.2, -0.15) is 4.31 Å². The third-order valence-electron chi connectivity index (χ3n) is 6.64. The van der Waals surface area contributed by atoms with Crippen LogP contribution in [0.4, 0.5) is 0 Å². The van der Waals surface area contributed by atoms with Gasteiger partial charge in [0.1, 0.15) is 5.75 Å². The lowest BCUT2D eigenvalue weighted by Crippen LogP contribution is -2.65. The molecule has 1 heterocycles. The Morgan fingerprint density at radius 2 is 1.59 bits per heavy atom. The molecule has 0 unspecified atom stereocenters. The van der Waals surface area contributed by atoms with Crippen molar-refractivity contribution in [1.82, 2.24) is 14.9 Å². The van der Waals surface area contributed by atoms with Gasteiger partial charge in [0.15, 0.2) is 0 Å². The van der Waals surface area contributed by atoms with Crippen LogP contribution in [0, 0.1) is 0 Å². The fourth-order valence-electron chi connectivity index (χ4n) is 5.37. The van der Waals surface area contributed by atoms with E-state index in [2.05, 4.69) is 17.2 Å². The number of hydrogen-bond acceptors (Lipinski definition) is 5. The average molecular weight is 528 g/mol. The van der Waals surface area contributed by atoms with Crippen LogP contribution >= 0.6 is 0 Å². The van der Waals surface area contributed by atoms with Crippen LogP contribution in [-0.2, 0) is 21.2 Å². The Labute approximate surface area is 220 Å². The van der Waals surface area contributed by atoms with E-state index < -0.39 is 21.1 Å². The molecule has 37 heavy (non-hydrogen) atoms. The summed E-state index contributed by atoms with van der Waals surface area (Å²) in [4.78, 5) is 24.6. The van der Waals surface area contributed by atoms with Gasteiger partial charge in [0.05, 0.1) is 12.0 Å². The highest BCUT2D eigenvalue weighted by atomic mass is 32.2. The maximum Gasteiger partial charge on any atom is 0.251 e. The number of carbonyl (C=O) groups excluding carboxylic acids is 2. The predicted molar refractivity (Wildman–Crippen MR) is 144 cm³/mol. The highest BCUT2D eigenvalue weighted by molar-refractivity contribution is 7.89. The van der Waals surface area contributed by atoms with E-state index in [-0.39, 0.29) is 22.8 Å². The van der Waals surface area contributed by atoms with E-state index in [4.69, 9.17) is 4.74 Å². The third-order valence-corrected chi connectivity index (χ3v) is 8.97. The van der Waals surface area contributed by atoms with Crippen molar-refractivity contribution < 1.29 is 22.7 Å². The number of methoxy groups -OCH3 is 1. The molecular weight excluding hydrogens is 490 g/mol. The zero-order valence-electron chi connectivity index (χ0n) is 22.2. The second-order valence-corrected chi connectivity index (χ2v) is 12.4. The van der Waals surface area contributed by atoms with Crippen LogP contribution in [0.3, 0.4) is 0 Å². The zero-order valence-corrected chi connectivity index (χ0v) is 23.0. The second-order valence-electron chi connectivity index (χ2n) is 10.6. The van der Waals surface area contributed by atoms with Crippen molar-refractivity contribution in [1.29, 1.82) is 0 Å². The normalized spacial score (nSPS) is 17.5. The molecule has 2 amide bonds. The SMILES string of the molecule is C=CC(=O)NC1CC(C)(C)N(S(=O)(=O)c2ccc(C(=O)NCCc3ccc(OC)cc3)cc2)C(C)(C)C1. The van der Waals surface area contributed by atoms with Crippen LogP contribution in [0.5, 0.6) is 5.75 Å². The molecule has 0 atom stereocenters. The van der Waals surface area contributed by atoms with Gasteiger partial charge in [-0.3, -0.25) is 9.59 Å². The summed E-state index contributed by atoms with van der Waals surface area (Å²) in [5, 5.41) is 5.79. The number of piperidine rings is 1. The molecule has 1 aliphatic rings. The quantitative estimate of drug-likeness (QED) is 0.484. The first-order valence-corrected chi connectivity index (χ1v) is 13.7. The van der Waals surface area contributed by atoms with Crippen molar-refractivity contribution in [2.45, 2.75) is 69.0 Å². The van der Waals surface area contributed by atoms with E-state index in [0.29, 0.717) is 31.4 Å². The Hall–Kier alpha value is -3.17. The fourth-order valence-corrected chi connectivity index (χ4v) is 7.52. The van der Waals surface area contributed by atoms with Gasteiger partial charge in [-0.25, -0.2) is 8.42 Å². The van der Waals surface area contributed by atoms with Gasteiger partial charge >= 0.3 is 0 Å². The van der Waals surface area contributed by atoms with Gasteiger partial charge in [-0.15, -0.1) is 0 Å². The van der Waals surface area contributed by atoms with Crippen molar-refractivity contribution in [2.75, 3.05) is 13.7 Å². The molecule has 9 heteroatoms. The third kappa shape index (κ3) is 6.59. The van der Waals surface area contributed by atoms with E-state index in [9.17, 15) is 18.0 Å². The number of amides is 2. The Morgan fingerprint density at radius 3 is 2.11 bits per heavy atom. The number of carbonyl (C=O) groups is 2. The van der Waals surface area contributed by atoms with Crippen LogP contribution in [-0.4, -0.2) is 55.3 Å². The van der Waals surface area contributed by atoms with Gasteiger partial charge < -0.3 is 15.4 Å². The molecule has 0 saturated carbocycles. The summed E-state index contributed by atoms with van der Waals surface area (Å²) < 4.78 is 34.2. The van der Waals surface area contributed by atoms with Gasteiger partial charge in [-0.1, -0.05) is 18.7 Å². The van der Waals surface area contributed by atoms with Crippen molar-refractivity contribution in [3.63, 3.8) is 0 Å². The summed E-state index contributed by atoms with van der Waals surface area (Å²) >= 11 is 0. The minimum atomic E-state index is -3.88. The summed E-state index contributed by atoms with van der Waals surface area (Å²) in [7, 11) is -2.26. The smallest absolute Gasteiger partial charge is 0.251 e. The van der Waals surface area contributed by atoms with Gasteiger partial charge in [0.2, 0.25) is 15.9 Å². The van der Waals surface area contributed by atoms with E-state index >= 15 is 0 Å². The predicted octanol–water partition coefficient (Wildman–Crippen LogP) is 3.68. The molecule has 2 aromatic rings. The fraction of sp³-hybridized carbons (Fsp3) is 0.429. The standard InChI is InChI=1S/C28H37N3O5S/c1-7-25(32)30-22-18-27(2,3)31(28(4,5)19-22)37(34,35)24-14-10-21(11-15-24)26(33)29-17-16-20-8-12-23(36-6)13-9-20/h7-15,22H,1,16-19H2,2-6H3,(H,29,33)(H,30,32). The monoisotopic (exact) mass is 527 g/mol. The second kappa shape index (κ2) is 11.1. The Balaban J connectivity index is 1.69. The van der Waals surface area contributed by atoms with Crippen LogP contribution in [0.15, 0.2) is 66.1 Å². The molecule has 1 aliphatic heterocycles. The van der Waals surface area contributed by atoms with Crippen LogP contribution in [0.1, 0.15) is 56.5 Å². The number of nitrogens with one attached hydrogen (secondary N) is 2. The highest BCUT2D eigenvalue weighted by Gasteiger charge is 2.51. The molecule has 2 aromatic carbocycles. The molecule has 2 N–H and O–H groups in total. The first-order valence-electron chi connectivity index (χ1n) is 12.3. The molecule has 200 valence electrons. The number of rotatable bonds is 9. The van der Waals surface area contributed by atoms with Gasteiger partial charge in [0, 0.05) is 29.2 Å². The summed E-state index contributed by atoms with van der Waals surface area (Å²) in [6, 6.07) is 13.5. The lowest BCUT2D eigenvalue weighted by Gasteiger charge is -2.53. The first kappa shape index (κ1) is 28.4. The molecule has 0 bridgehead atoms.